The SMILES string of the molecule is Cc1ccc(CCC(=O)N2C[C@@H]3C[C@H](C2)c2ccc(CN4CCCC4)c(=O)n2C3)cc1. The number of nitrogens with zero attached hydrogens (tertiary/aromatic N) is 3. The number of pyridine rings is 1. The van der Waals surface area contributed by atoms with Gasteiger partial charge in [0.1, 0.15) is 0 Å². The minimum absolute atomic E-state index is 0.193. The Morgan fingerprint density at radius 3 is 2.55 bits per heavy atom. The lowest BCUT2D eigenvalue weighted by Crippen LogP contribution is -2.49. The van der Waals surface area contributed by atoms with Crippen molar-refractivity contribution in [3.05, 3.63) is 69.1 Å². The third kappa shape index (κ3) is 4.33. The predicted molar refractivity (Wildman–Crippen MR) is 122 cm³/mol. The summed E-state index contributed by atoms with van der Waals surface area (Å²) >= 11 is 0. The Bertz CT molecular complexity index is 1000. The molecule has 0 saturated carbocycles. The van der Waals surface area contributed by atoms with E-state index in [-0.39, 0.29) is 17.4 Å². The number of rotatable bonds is 5. The lowest BCUT2D eigenvalue weighted by atomic mass is 9.82. The van der Waals surface area contributed by atoms with E-state index in [1.54, 1.807) is 0 Å². The lowest BCUT2D eigenvalue weighted by molar-refractivity contribution is -0.133. The van der Waals surface area contributed by atoms with Gasteiger partial charge in [-0.05, 0) is 63.2 Å². The van der Waals surface area contributed by atoms with Crippen LogP contribution in [-0.2, 0) is 24.3 Å². The monoisotopic (exact) mass is 419 g/mol. The van der Waals surface area contributed by atoms with Crippen LogP contribution in [0, 0.1) is 12.8 Å². The first kappa shape index (κ1) is 20.5. The zero-order chi connectivity index (χ0) is 21.4. The summed E-state index contributed by atoms with van der Waals surface area (Å²) in [7, 11) is 0. The summed E-state index contributed by atoms with van der Waals surface area (Å²) in [5.41, 5.74) is 4.72. The second kappa shape index (κ2) is 8.62. The quantitative estimate of drug-likeness (QED) is 0.747. The third-order valence-corrected chi connectivity index (χ3v) is 7.38. The number of aryl methyl sites for hydroxylation is 2. The Hall–Kier alpha value is -2.40. The summed E-state index contributed by atoms with van der Waals surface area (Å²) in [5, 5.41) is 0. The Morgan fingerprint density at radius 2 is 1.77 bits per heavy atom. The Labute approximate surface area is 184 Å². The van der Waals surface area contributed by atoms with E-state index in [1.165, 1.54) is 24.0 Å². The lowest BCUT2D eigenvalue weighted by Gasteiger charge is -2.43. The van der Waals surface area contributed by atoms with Crippen molar-refractivity contribution in [2.24, 2.45) is 5.92 Å². The number of aromatic nitrogens is 1. The Morgan fingerprint density at radius 1 is 1.00 bits per heavy atom. The average Bonchev–Trinajstić information content (AvgIpc) is 3.28. The van der Waals surface area contributed by atoms with E-state index in [4.69, 9.17) is 0 Å². The van der Waals surface area contributed by atoms with Crippen LogP contribution in [0.3, 0.4) is 0 Å². The van der Waals surface area contributed by atoms with Gasteiger partial charge in [-0.1, -0.05) is 35.9 Å². The van der Waals surface area contributed by atoms with Gasteiger partial charge in [0.2, 0.25) is 5.91 Å². The van der Waals surface area contributed by atoms with Crippen LogP contribution in [0.1, 0.15) is 54.0 Å². The van der Waals surface area contributed by atoms with Gasteiger partial charge in [0.15, 0.2) is 0 Å². The predicted octanol–water partition coefficient (Wildman–Crippen LogP) is 3.33. The average molecular weight is 420 g/mol. The van der Waals surface area contributed by atoms with Crippen LogP contribution in [0.4, 0.5) is 0 Å². The first-order chi connectivity index (χ1) is 15.1. The molecule has 2 bridgehead atoms. The molecule has 2 saturated heterocycles. The molecule has 3 aliphatic heterocycles. The normalized spacial score (nSPS) is 23.1. The van der Waals surface area contributed by atoms with E-state index in [0.29, 0.717) is 12.3 Å². The summed E-state index contributed by atoms with van der Waals surface area (Å²) in [6.07, 6.45) is 4.92. The van der Waals surface area contributed by atoms with Gasteiger partial charge in [0, 0.05) is 49.8 Å². The molecular formula is C26H33N3O2. The van der Waals surface area contributed by atoms with E-state index in [9.17, 15) is 9.59 Å². The number of hydrogen-bond acceptors (Lipinski definition) is 3. The number of benzene rings is 1. The molecule has 0 aliphatic carbocycles. The van der Waals surface area contributed by atoms with E-state index >= 15 is 0 Å². The zero-order valence-electron chi connectivity index (χ0n) is 18.6. The molecule has 2 aromatic rings. The van der Waals surface area contributed by atoms with Gasteiger partial charge in [0.25, 0.3) is 5.56 Å². The van der Waals surface area contributed by atoms with Gasteiger partial charge in [-0.2, -0.15) is 0 Å². The fraction of sp³-hybridized carbons (Fsp3) is 0.538. The number of carbonyl (C=O) groups excluding carboxylic acids is 1. The van der Waals surface area contributed by atoms with Gasteiger partial charge < -0.3 is 9.47 Å². The van der Waals surface area contributed by atoms with E-state index in [0.717, 1.165) is 63.4 Å². The Kier molecular flexibility index (Phi) is 5.70. The van der Waals surface area contributed by atoms with Crippen LogP contribution in [0.5, 0.6) is 0 Å². The molecule has 1 aromatic heterocycles. The van der Waals surface area contributed by atoms with Crippen molar-refractivity contribution < 1.29 is 4.79 Å². The largest absolute Gasteiger partial charge is 0.342 e. The highest BCUT2D eigenvalue weighted by Crippen LogP contribution is 2.35. The maximum Gasteiger partial charge on any atom is 0.255 e. The summed E-state index contributed by atoms with van der Waals surface area (Å²) in [6.45, 7) is 7.34. The molecule has 3 aliphatic rings. The van der Waals surface area contributed by atoms with Crippen molar-refractivity contribution in [2.75, 3.05) is 26.2 Å². The molecule has 2 atom stereocenters. The number of fused-ring (bicyclic) bond motifs is 4. The van der Waals surface area contributed by atoms with E-state index in [2.05, 4.69) is 47.1 Å². The van der Waals surface area contributed by atoms with Gasteiger partial charge in [-0.3, -0.25) is 14.5 Å². The van der Waals surface area contributed by atoms with Crippen molar-refractivity contribution in [1.29, 1.82) is 0 Å². The Balaban J connectivity index is 1.26. The maximum atomic E-state index is 13.2. The van der Waals surface area contributed by atoms with Gasteiger partial charge >= 0.3 is 0 Å². The summed E-state index contributed by atoms with van der Waals surface area (Å²) < 4.78 is 2.03. The first-order valence-electron chi connectivity index (χ1n) is 11.8. The van der Waals surface area contributed by atoms with Gasteiger partial charge in [-0.25, -0.2) is 0 Å². The van der Waals surface area contributed by atoms with Crippen molar-refractivity contribution in [2.45, 2.75) is 58.0 Å². The fourth-order valence-corrected chi connectivity index (χ4v) is 5.66. The van der Waals surface area contributed by atoms with Crippen molar-refractivity contribution in [1.82, 2.24) is 14.4 Å². The highest BCUT2D eigenvalue weighted by atomic mass is 16.2. The number of likely N-dealkylation sites (tertiary alicyclic amines) is 2. The van der Waals surface area contributed by atoms with Crippen LogP contribution >= 0.6 is 0 Å². The summed E-state index contributed by atoms with van der Waals surface area (Å²) in [6, 6.07) is 12.7. The van der Waals surface area contributed by atoms with Gasteiger partial charge in [-0.15, -0.1) is 0 Å². The second-order valence-corrected chi connectivity index (χ2v) is 9.77. The molecule has 5 rings (SSSR count). The zero-order valence-corrected chi connectivity index (χ0v) is 18.6. The molecule has 5 heteroatoms. The molecule has 0 N–H and O–H groups in total. The molecule has 1 aromatic carbocycles. The molecule has 5 nitrogen and oxygen atoms in total. The molecule has 4 heterocycles. The molecule has 1 amide bonds. The van der Waals surface area contributed by atoms with E-state index < -0.39 is 0 Å². The molecule has 0 spiro atoms. The number of amides is 1. The number of carbonyl (C=O) groups is 1. The molecule has 164 valence electrons. The number of hydrogen-bond donors (Lipinski definition) is 0. The molecule has 2 fully saturated rings. The van der Waals surface area contributed by atoms with Crippen molar-refractivity contribution in [3.8, 4) is 0 Å². The van der Waals surface area contributed by atoms with Crippen LogP contribution in [0.15, 0.2) is 41.2 Å². The standard InChI is InChI=1S/C26H33N3O2/c1-19-4-6-20(7-5-19)8-11-25(30)28-15-21-14-23(18-28)24-10-9-22(26(31)29(24)16-21)17-27-12-2-3-13-27/h4-7,9-10,21,23H,2-3,8,11-18H2,1H3/t21-,23+/m0/s1. The smallest absolute Gasteiger partial charge is 0.255 e. The molecule has 0 unspecified atom stereocenters. The third-order valence-electron chi connectivity index (χ3n) is 7.38. The van der Waals surface area contributed by atoms with Crippen molar-refractivity contribution in [3.63, 3.8) is 0 Å². The van der Waals surface area contributed by atoms with E-state index in [1.807, 2.05) is 10.6 Å². The first-order valence-corrected chi connectivity index (χ1v) is 11.8. The summed E-state index contributed by atoms with van der Waals surface area (Å²) in [4.78, 5) is 30.6. The molecule has 0 radical (unpaired) electrons. The maximum absolute atomic E-state index is 13.2. The molecular weight excluding hydrogens is 386 g/mol. The van der Waals surface area contributed by atoms with Crippen LogP contribution < -0.4 is 5.56 Å². The van der Waals surface area contributed by atoms with Crippen molar-refractivity contribution >= 4 is 5.91 Å². The van der Waals surface area contributed by atoms with Crippen LogP contribution in [-0.4, -0.2) is 46.5 Å². The summed E-state index contributed by atoms with van der Waals surface area (Å²) in [5.74, 6) is 0.912. The topological polar surface area (TPSA) is 45.6 Å². The minimum atomic E-state index is 0.193. The van der Waals surface area contributed by atoms with Crippen LogP contribution in [0.25, 0.3) is 0 Å². The van der Waals surface area contributed by atoms with Crippen LogP contribution in [0.2, 0.25) is 0 Å². The fourth-order valence-electron chi connectivity index (χ4n) is 5.66. The second-order valence-electron chi connectivity index (χ2n) is 9.77. The van der Waals surface area contributed by atoms with Gasteiger partial charge in [0.05, 0.1) is 0 Å². The highest BCUT2D eigenvalue weighted by Gasteiger charge is 2.36. The highest BCUT2D eigenvalue weighted by molar-refractivity contribution is 5.76. The molecule has 31 heavy (non-hydrogen) atoms. The minimum Gasteiger partial charge on any atom is -0.342 e. The number of piperidine rings is 1.